The normalized spacial score (nSPS) is 13.1. The van der Waals surface area contributed by atoms with Crippen molar-refractivity contribution in [1.82, 2.24) is 4.57 Å². The van der Waals surface area contributed by atoms with E-state index >= 15 is 0 Å². The van der Waals surface area contributed by atoms with Crippen molar-refractivity contribution in [3.05, 3.63) is 46.1 Å². The summed E-state index contributed by atoms with van der Waals surface area (Å²) in [6.45, 7) is 4.80. The molecule has 0 saturated carbocycles. The van der Waals surface area contributed by atoms with Crippen molar-refractivity contribution in [3.63, 3.8) is 0 Å². The maximum Gasteiger partial charge on any atom is 0.294 e. The maximum absolute atomic E-state index is 12.4. The molecule has 0 aliphatic rings. The molecule has 4 nitrogen and oxygen atoms in total. The second kappa shape index (κ2) is 5.98. The van der Waals surface area contributed by atoms with Gasteiger partial charge in [-0.15, -0.1) is 15.7 Å². The highest BCUT2D eigenvalue weighted by Crippen LogP contribution is 2.23. The van der Waals surface area contributed by atoms with Gasteiger partial charge in [-0.2, -0.15) is 8.42 Å². The molecule has 0 atom stereocenters. The molecule has 22 heavy (non-hydrogen) atoms. The van der Waals surface area contributed by atoms with Gasteiger partial charge in [0.05, 0.1) is 10.2 Å². The van der Waals surface area contributed by atoms with Crippen molar-refractivity contribution in [1.29, 1.82) is 0 Å². The van der Waals surface area contributed by atoms with Gasteiger partial charge in [0.25, 0.3) is 10.0 Å². The number of benzene rings is 1. The molecule has 116 valence electrons. The van der Waals surface area contributed by atoms with Gasteiger partial charge in [0, 0.05) is 6.54 Å². The molecule has 3 aromatic rings. The van der Waals surface area contributed by atoms with Crippen molar-refractivity contribution < 1.29 is 8.42 Å². The van der Waals surface area contributed by atoms with Gasteiger partial charge >= 0.3 is 0 Å². The van der Waals surface area contributed by atoms with E-state index in [9.17, 15) is 8.42 Å². The third-order valence-corrected chi connectivity index (χ3v) is 7.23. The number of nitrogens with zero attached hydrogens (tertiary/aromatic N) is 2. The summed E-state index contributed by atoms with van der Waals surface area (Å²) in [5.74, 6) is 0. The van der Waals surface area contributed by atoms with E-state index in [-0.39, 0.29) is 4.21 Å². The van der Waals surface area contributed by atoms with E-state index in [0.717, 1.165) is 16.6 Å². The Morgan fingerprint density at radius 2 is 2.00 bits per heavy atom. The van der Waals surface area contributed by atoms with Crippen LogP contribution in [0.15, 0.2) is 44.3 Å². The van der Waals surface area contributed by atoms with Crippen molar-refractivity contribution in [2.24, 2.45) is 4.40 Å². The fraction of sp³-hybridized carbons (Fsp3) is 0.267. The average Bonchev–Trinajstić information content (AvgIpc) is 3.13. The SMILES string of the molecule is CCc1cccc2s/c(=N\S(=O)(=O)c3cccs3)n(CC)c12. The molecular formula is C15H16N2O2S3. The number of aryl methyl sites for hydroxylation is 2. The Labute approximate surface area is 137 Å². The third-order valence-electron chi connectivity index (χ3n) is 3.43. The van der Waals surface area contributed by atoms with Gasteiger partial charge in [-0.25, -0.2) is 0 Å². The highest BCUT2D eigenvalue weighted by Gasteiger charge is 2.16. The van der Waals surface area contributed by atoms with Gasteiger partial charge in [0.1, 0.15) is 4.21 Å². The van der Waals surface area contributed by atoms with E-state index in [4.69, 9.17) is 0 Å². The lowest BCUT2D eigenvalue weighted by atomic mass is 10.1. The molecule has 7 heteroatoms. The number of rotatable bonds is 4. The van der Waals surface area contributed by atoms with Gasteiger partial charge in [-0.1, -0.05) is 36.5 Å². The molecule has 1 aromatic carbocycles. The van der Waals surface area contributed by atoms with E-state index in [0.29, 0.717) is 11.3 Å². The van der Waals surface area contributed by atoms with Crippen LogP contribution in [0, 0.1) is 0 Å². The number of thiazole rings is 1. The Balaban J connectivity index is 2.30. The van der Waals surface area contributed by atoms with Crippen LogP contribution < -0.4 is 4.80 Å². The van der Waals surface area contributed by atoms with E-state index in [2.05, 4.69) is 17.4 Å². The maximum atomic E-state index is 12.4. The molecule has 3 rings (SSSR count). The summed E-state index contributed by atoms with van der Waals surface area (Å²) in [4.78, 5) is 0.534. The minimum atomic E-state index is -3.64. The number of fused-ring (bicyclic) bond motifs is 1. The fourth-order valence-corrected chi connectivity index (χ4v) is 5.72. The second-order valence-electron chi connectivity index (χ2n) is 4.74. The summed E-state index contributed by atoms with van der Waals surface area (Å²) in [7, 11) is -3.64. The highest BCUT2D eigenvalue weighted by atomic mass is 32.2. The van der Waals surface area contributed by atoms with Crippen molar-refractivity contribution in [2.45, 2.75) is 31.0 Å². The molecule has 0 unspecified atom stereocenters. The van der Waals surface area contributed by atoms with Crippen LogP contribution in [-0.4, -0.2) is 13.0 Å². The summed E-state index contributed by atoms with van der Waals surface area (Å²) in [6, 6.07) is 9.42. The number of thiophene rings is 1. The lowest BCUT2D eigenvalue weighted by Crippen LogP contribution is -2.16. The lowest BCUT2D eigenvalue weighted by molar-refractivity contribution is 0.597. The van der Waals surface area contributed by atoms with Crippen molar-refractivity contribution in [2.75, 3.05) is 0 Å². The molecule has 0 bridgehead atoms. The number of sulfonamides is 1. The van der Waals surface area contributed by atoms with Crippen LogP contribution in [0.25, 0.3) is 10.2 Å². The average molecular weight is 353 g/mol. The van der Waals surface area contributed by atoms with E-state index in [1.807, 2.05) is 23.6 Å². The van der Waals surface area contributed by atoms with Crippen molar-refractivity contribution in [3.8, 4) is 0 Å². The molecule has 2 aromatic heterocycles. The van der Waals surface area contributed by atoms with Crippen LogP contribution >= 0.6 is 22.7 Å². The number of para-hydroxylation sites is 1. The lowest BCUT2D eigenvalue weighted by Gasteiger charge is -2.05. The molecule has 0 aliphatic carbocycles. The van der Waals surface area contributed by atoms with Crippen LogP contribution in [0.3, 0.4) is 0 Å². The minimum absolute atomic E-state index is 0.281. The Morgan fingerprint density at radius 1 is 1.18 bits per heavy atom. The van der Waals surface area contributed by atoms with E-state index in [1.54, 1.807) is 17.5 Å². The molecule has 0 radical (unpaired) electrons. The highest BCUT2D eigenvalue weighted by molar-refractivity contribution is 7.92. The number of hydrogen-bond acceptors (Lipinski definition) is 4. The monoisotopic (exact) mass is 352 g/mol. The van der Waals surface area contributed by atoms with Gasteiger partial charge in [0.15, 0.2) is 0 Å². The molecule has 0 fully saturated rings. The predicted octanol–water partition coefficient (Wildman–Crippen LogP) is 3.64. The summed E-state index contributed by atoms with van der Waals surface area (Å²) in [5.41, 5.74) is 2.31. The first-order valence-electron chi connectivity index (χ1n) is 7.02. The van der Waals surface area contributed by atoms with Crippen LogP contribution in [0.1, 0.15) is 19.4 Å². The standard InChI is InChI=1S/C15H16N2O2S3/c1-3-11-7-5-8-12-14(11)17(4-2)15(21-12)16-22(18,19)13-9-6-10-20-13/h5-10H,3-4H2,1-2H3/b16-15-. The van der Waals surface area contributed by atoms with E-state index < -0.39 is 10.0 Å². The first kappa shape index (κ1) is 15.5. The fourth-order valence-electron chi connectivity index (χ4n) is 2.41. The molecule has 0 saturated heterocycles. The van der Waals surface area contributed by atoms with Crippen LogP contribution in [0.2, 0.25) is 0 Å². The predicted molar refractivity (Wildman–Crippen MR) is 91.9 cm³/mol. The van der Waals surface area contributed by atoms with Gasteiger partial charge < -0.3 is 4.57 Å². The molecule has 0 spiro atoms. The largest absolute Gasteiger partial charge is 0.316 e. The summed E-state index contributed by atoms with van der Waals surface area (Å²) in [6.07, 6.45) is 0.908. The first-order chi connectivity index (χ1) is 10.6. The second-order valence-corrected chi connectivity index (χ2v) is 8.53. The van der Waals surface area contributed by atoms with Crippen LogP contribution in [-0.2, 0) is 23.0 Å². The Kier molecular flexibility index (Phi) is 4.20. The smallest absolute Gasteiger partial charge is 0.294 e. The number of hydrogen-bond donors (Lipinski definition) is 0. The quantitative estimate of drug-likeness (QED) is 0.720. The third kappa shape index (κ3) is 2.64. The van der Waals surface area contributed by atoms with Gasteiger partial charge in [-0.3, -0.25) is 0 Å². The summed E-state index contributed by atoms with van der Waals surface area (Å²) < 4.78 is 32.2. The minimum Gasteiger partial charge on any atom is -0.316 e. The topological polar surface area (TPSA) is 51.4 Å². The zero-order valence-electron chi connectivity index (χ0n) is 12.3. The zero-order valence-corrected chi connectivity index (χ0v) is 14.8. The Hall–Kier alpha value is -1.44. The molecule has 2 heterocycles. The Morgan fingerprint density at radius 3 is 2.64 bits per heavy atom. The summed E-state index contributed by atoms with van der Waals surface area (Å²) in [5, 5.41) is 1.75. The van der Waals surface area contributed by atoms with Crippen LogP contribution in [0.5, 0.6) is 0 Å². The van der Waals surface area contributed by atoms with Gasteiger partial charge in [-0.05, 0) is 36.4 Å². The van der Waals surface area contributed by atoms with Gasteiger partial charge in [0.2, 0.25) is 4.80 Å². The van der Waals surface area contributed by atoms with Crippen molar-refractivity contribution >= 4 is 42.9 Å². The molecular weight excluding hydrogens is 336 g/mol. The molecule has 0 aliphatic heterocycles. The number of aromatic nitrogens is 1. The Bertz CT molecular complexity index is 964. The van der Waals surface area contributed by atoms with Crippen LogP contribution in [0.4, 0.5) is 0 Å². The first-order valence-corrected chi connectivity index (χ1v) is 10.2. The zero-order chi connectivity index (χ0) is 15.7. The summed E-state index contributed by atoms with van der Waals surface area (Å²) >= 11 is 2.61. The molecule has 0 amide bonds. The van der Waals surface area contributed by atoms with E-state index in [1.165, 1.54) is 28.2 Å². The molecule has 0 N–H and O–H groups in total.